The normalized spacial score (nSPS) is 27.3. The summed E-state index contributed by atoms with van der Waals surface area (Å²) in [6, 6.07) is 0. The van der Waals surface area contributed by atoms with Crippen molar-refractivity contribution in [3.05, 3.63) is 0 Å². The zero-order valence-corrected chi connectivity index (χ0v) is 16.1. The van der Waals surface area contributed by atoms with Crippen LogP contribution in [-0.2, 0) is 19.1 Å². The second-order valence-electron chi connectivity index (χ2n) is 7.76. The van der Waals surface area contributed by atoms with E-state index in [0.29, 0.717) is 32.7 Å². The van der Waals surface area contributed by atoms with Gasteiger partial charge < -0.3 is 19.9 Å². The van der Waals surface area contributed by atoms with Crippen molar-refractivity contribution in [2.24, 2.45) is 11.8 Å². The number of nitrogens with zero attached hydrogens (tertiary/aromatic N) is 3. The average Bonchev–Trinajstić information content (AvgIpc) is 2.74. The lowest BCUT2D eigenvalue weighted by atomic mass is 9.81. The summed E-state index contributed by atoms with van der Waals surface area (Å²) in [6.07, 6.45) is 4.00. The molecule has 8 heteroatoms. The van der Waals surface area contributed by atoms with Crippen LogP contribution in [0.15, 0.2) is 0 Å². The summed E-state index contributed by atoms with van der Waals surface area (Å²) in [5.41, 5.74) is 0. The maximum absolute atomic E-state index is 12.7. The first-order valence-electron chi connectivity index (χ1n) is 10.2. The Morgan fingerprint density at radius 3 is 2.19 bits per heavy atom. The molecule has 0 aromatic carbocycles. The fourth-order valence-corrected chi connectivity index (χ4v) is 4.21. The Labute approximate surface area is 161 Å². The van der Waals surface area contributed by atoms with Crippen LogP contribution in [0.1, 0.15) is 25.7 Å². The second-order valence-corrected chi connectivity index (χ2v) is 7.76. The average molecular weight is 380 g/mol. The predicted molar refractivity (Wildman–Crippen MR) is 99.9 cm³/mol. The van der Waals surface area contributed by atoms with Gasteiger partial charge in [-0.1, -0.05) is 0 Å². The molecule has 152 valence electrons. The number of hydrogen-bond donors (Lipinski definition) is 1. The standard InChI is InChI=1S/C19H32N4O4/c24-15-22-7-9-23(10-8-22)19(26)17-3-1-16(2-4-17)18(25)20-5-6-21-11-13-27-14-12-21/h15-17H,1-14H2,(H,20,25). The highest BCUT2D eigenvalue weighted by atomic mass is 16.5. The molecule has 1 aliphatic carbocycles. The van der Waals surface area contributed by atoms with Gasteiger partial charge in [0.25, 0.3) is 0 Å². The van der Waals surface area contributed by atoms with E-state index in [-0.39, 0.29) is 23.7 Å². The summed E-state index contributed by atoms with van der Waals surface area (Å²) in [4.78, 5) is 41.8. The van der Waals surface area contributed by atoms with Gasteiger partial charge in [0.15, 0.2) is 0 Å². The van der Waals surface area contributed by atoms with Crippen LogP contribution in [0, 0.1) is 11.8 Å². The first kappa shape index (κ1) is 20.1. The molecule has 8 nitrogen and oxygen atoms in total. The molecule has 3 amide bonds. The smallest absolute Gasteiger partial charge is 0.225 e. The number of amides is 3. The Bertz CT molecular complexity index is 508. The maximum Gasteiger partial charge on any atom is 0.225 e. The molecule has 0 unspecified atom stereocenters. The van der Waals surface area contributed by atoms with Gasteiger partial charge >= 0.3 is 0 Å². The number of carbonyl (C=O) groups is 3. The molecule has 3 rings (SSSR count). The summed E-state index contributed by atoms with van der Waals surface area (Å²) in [6.45, 7) is 7.46. The maximum atomic E-state index is 12.7. The minimum absolute atomic E-state index is 0.0326. The molecule has 1 N–H and O–H groups in total. The van der Waals surface area contributed by atoms with E-state index in [1.807, 2.05) is 4.90 Å². The highest BCUT2D eigenvalue weighted by Gasteiger charge is 2.33. The van der Waals surface area contributed by atoms with Crippen LogP contribution in [0.25, 0.3) is 0 Å². The van der Waals surface area contributed by atoms with Crippen LogP contribution in [0.3, 0.4) is 0 Å². The van der Waals surface area contributed by atoms with Crippen molar-refractivity contribution < 1.29 is 19.1 Å². The summed E-state index contributed by atoms with van der Waals surface area (Å²) < 4.78 is 5.33. The molecule has 3 fully saturated rings. The molecule has 27 heavy (non-hydrogen) atoms. The minimum atomic E-state index is 0.0326. The lowest BCUT2D eigenvalue weighted by molar-refractivity contribution is -0.141. The quantitative estimate of drug-likeness (QED) is 0.631. The Morgan fingerprint density at radius 1 is 0.926 bits per heavy atom. The van der Waals surface area contributed by atoms with E-state index in [1.54, 1.807) is 4.90 Å². The number of morpholine rings is 1. The topological polar surface area (TPSA) is 82.2 Å². The number of carbonyl (C=O) groups excluding carboxylic acids is 3. The SMILES string of the molecule is O=CN1CCN(C(=O)C2CCC(C(=O)NCCN3CCOCC3)CC2)CC1. The molecule has 2 heterocycles. The largest absolute Gasteiger partial charge is 0.379 e. The Balaban J connectivity index is 1.33. The molecular formula is C19H32N4O4. The van der Waals surface area contributed by atoms with Crippen LogP contribution < -0.4 is 5.32 Å². The van der Waals surface area contributed by atoms with Crippen molar-refractivity contribution in [1.82, 2.24) is 20.0 Å². The predicted octanol–water partition coefficient (Wildman–Crippen LogP) is -0.458. The molecule has 3 aliphatic rings. The van der Waals surface area contributed by atoms with Gasteiger partial charge in [-0.15, -0.1) is 0 Å². The molecule has 0 radical (unpaired) electrons. The second kappa shape index (κ2) is 10.0. The summed E-state index contributed by atoms with van der Waals surface area (Å²) >= 11 is 0. The third-order valence-electron chi connectivity index (χ3n) is 6.05. The third kappa shape index (κ3) is 5.65. The van der Waals surface area contributed by atoms with Crippen molar-refractivity contribution in [3.8, 4) is 0 Å². The molecular weight excluding hydrogens is 348 g/mol. The molecule has 0 aromatic rings. The van der Waals surface area contributed by atoms with Crippen LogP contribution in [0.5, 0.6) is 0 Å². The van der Waals surface area contributed by atoms with E-state index >= 15 is 0 Å². The zero-order valence-electron chi connectivity index (χ0n) is 16.1. The lowest BCUT2D eigenvalue weighted by Gasteiger charge is -2.36. The van der Waals surface area contributed by atoms with Gasteiger partial charge in [-0.3, -0.25) is 19.3 Å². The van der Waals surface area contributed by atoms with E-state index in [4.69, 9.17) is 4.74 Å². The van der Waals surface area contributed by atoms with Crippen molar-refractivity contribution in [1.29, 1.82) is 0 Å². The Hall–Kier alpha value is -1.67. The zero-order chi connectivity index (χ0) is 19.1. The highest BCUT2D eigenvalue weighted by molar-refractivity contribution is 5.81. The van der Waals surface area contributed by atoms with E-state index < -0.39 is 0 Å². The summed E-state index contributed by atoms with van der Waals surface area (Å²) in [5, 5.41) is 3.06. The minimum Gasteiger partial charge on any atom is -0.379 e. The molecule has 2 aliphatic heterocycles. The lowest BCUT2D eigenvalue weighted by Crippen LogP contribution is -2.50. The van der Waals surface area contributed by atoms with Gasteiger partial charge in [-0.05, 0) is 25.7 Å². The van der Waals surface area contributed by atoms with Crippen molar-refractivity contribution in [2.45, 2.75) is 25.7 Å². The van der Waals surface area contributed by atoms with E-state index in [9.17, 15) is 14.4 Å². The number of hydrogen-bond acceptors (Lipinski definition) is 5. The number of rotatable bonds is 6. The van der Waals surface area contributed by atoms with Gasteiger partial charge in [0.2, 0.25) is 18.2 Å². The Morgan fingerprint density at radius 2 is 1.56 bits per heavy atom. The summed E-state index contributed by atoms with van der Waals surface area (Å²) in [7, 11) is 0. The molecule has 0 aromatic heterocycles. The molecule has 0 atom stereocenters. The number of nitrogens with one attached hydrogen (secondary N) is 1. The van der Waals surface area contributed by atoms with E-state index in [2.05, 4.69) is 10.2 Å². The number of piperazine rings is 1. The fraction of sp³-hybridized carbons (Fsp3) is 0.842. The monoisotopic (exact) mass is 380 g/mol. The first-order valence-corrected chi connectivity index (χ1v) is 10.2. The van der Waals surface area contributed by atoms with Gasteiger partial charge in [0.05, 0.1) is 13.2 Å². The van der Waals surface area contributed by atoms with Crippen molar-refractivity contribution in [2.75, 3.05) is 65.6 Å². The van der Waals surface area contributed by atoms with Crippen LogP contribution in [0.4, 0.5) is 0 Å². The van der Waals surface area contributed by atoms with Crippen molar-refractivity contribution >= 4 is 18.2 Å². The first-order chi connectivity index (χ1) is 13.2. The van der Waals surface area contributed by atoms with Gasteiger partial charge in [-0.25, -0.2) is 0 Å². The highest BCUT2D eigenvalue weighted by Crippen LogP contribution is 2.30. The molecule has 0 spiro atoms. The van der Waals surface area contributed by atoms with Crippen LogP contribution in [0.2, 0.25) is 0 Å². The van der Waals surface area contributed by atoms with Gasteiger partial charge in [0, 0.05) is 64.2 Å². The molecule has 1 saturated carbocycles. The van der Waals surface area contributed by atoms with Crippen molar-refractivity contribution in [3.63, 3.8) is 0 Å². The Kier molecular flexibility index (Phi) is 7.46. The van der Waals surface area contributed by atoms with Crippen LogP contribution >= 0.6 is 0 Å². The van der Waals surface area contributed by atoms with Gasteiger partial charge in [-0.2, -0.15) is 0 Å². The summed E-state index contributed by atoms with van der Waals surface area (Å²) in [5.74, 6) is 0.399. The fourth-order valence-electron chi connectivity index (χ4n) is 4.21. The molecule has 0 bridgehead atoms. The van der Waals surface area contributed by atoms with Crippen LogP contribution in [-0.4, -0.2) is 98.5 Å². The van der Waals surface area contributed by atoms with E-state index in [0.717, 1.165) is 64.9 Å². The molecule has 2 saturated heterocycles. The van der Waals surface area contributed by atoms with Gasteiger partial charge in [0.1, 0.15) is 0 Å². The van der Waals surface area contributed by atoms with E-state index in [1.165, 1.54) is 0 Å². The third-order valence-corrected chi connectivity index (χ3v) is 6.05. The number of ether oxygens (including phenoxy) is 1.